The van der Waals surface area contributed by atoms with Crippen molar-refractivity contribution >= 4 is 22.7 Å². The van der Waals surface area contributed by atoms with Gasteiger partial charge in [-0.2, -0.15) is 0 Å². The molecule has 0 aliphatic carbocycles. The van der Waals surface area contributed by atoms with Crippen molar-refractivity contribution in [3.05, 3.63) is 23.5 Å². The van der Waals surface area contributed by atoms with Crippen LogP contribution in [0.3, 0.4) is 0 Å². The van der Waals surface area contributed by atoms with Gasteiger partial charge in [-0.3, -0.25) is 4.21 Å². The third kappa shape index (κ3) is 3.37. The molecule has 1 aromatic rings. The van der Waals surface area contributed by atoms with Crippen LogP contribution in [0.25, 0.3) is 0 Å². The number of halogens is 1. The average molecular weight is 184 g/mol. The summed E-state index contributed by atoms with van der Waals surface area (Å²) in [6.07, 6.45) is 1.34. The number of hydrogen-bond acceptors (Lipinski definition) is 3. The van der Waals surface area contributed by atoms with Crippen LogP contribution in [0.1, 0.15) is 0 Å². The Hall–Kier alpha value is 0.147. The molecule has 0 fully saturated rings. The van der Waals surface area contributed by atoms with E-state index in [9.17, 15) is 8.76 Å². The number of rotatable bonds is 1. The summed E-state index contributed by atoms with van der Waals surface area (Å²) in [6, 6.07) is 2.65. The molecule has 3 nitrogen and oxygen atoms in total. The Kier molecular flexibility index (Phi) is 4.98. The number of hydrogen-bond donors (Lipinski definition) is 0. The molecule has 0 spiro atoms. The quantitative estimate of drug-likeness (QED) is 0.287. The summed E-state index contributed by atoms with van der Waals surface area (Å²) in [5, 5.41) is 0.182. The van der Waals surface area contributed by atoms with Gasteiger partial charge in [0.1, 0.15) is 5.15 Å². The van der Waals surface area contributed by atoms with E-state index in [-0.39, 0.29) is 28.9 Å². The van der Waals surface area contributed by atoms with Crippen LogP contribution in [-0.4, -0.2) is 13.7 Å². The Morgan fingerprint density at radius 1 is 1.64 bits per heavy atom. The van der Waals surface area contributed by atoms with E-state index in [2.05, 4.69) is 4.98 Å². The predicted molar refractivity (Wildman–Crippen MR) is 36.4 cm³/mol. The van der Waals surface area contributed by atoms with Gasteiger partial charge in [0.25, 0.3) is 0 Å². The molecule has 1 rings (SSSR count). The van der Waals surface area contributed by atoms with E-state index in [1.807, 2.05) is 0 Å². The van der Waals surface area contributed by atoms with Gasteiger partial charge in [-0.1, -0.05) is 11.6 Å². The van der Waals surface area contributed by atoms with Gasteiger partial charge in [-0.25, -0.2) is 4.98 Å². The van der Waals surface area contributed by atoms with E-state index in [0.29, 0.717) is 0 Å². The molecule has 0 aliphatic rings. The molecule has 0 aliphatic heterocycles. The molecule has 54 valence electrons. The molecular formula is C5H3ClLiNO2S. The smallest absolute Gasteiger partial charge is 0.768 e. The second kappa shape index (κ2) is 4.91. The first-order chi connectivity index (χ1) is 4.70. The molecule has 6 heteroatoms. The molecule has 1 unspecified atom stereocenters. The summed E-state index contributed by atoms with van der Waals surface area (Å²) in [4.78, 5) is 3.77. The van der Waals surface area contributed by atoms with Crippen molar-refractivity contribution in [2.75, 3.05) is 0 Å². The standard InChI is InChI=1S/C5H4ClNO2S.Li/c6-5-3-4(10(8)9)1-2-7-5;/h1-3H,(H,8,9);/q;+1/p-1. The number of pyridine rings is 1. The van der Waals surface area contributed by atoms with Crippen molar-refractivity contribution in [2.45, 2.75) is 4.90 Å². The van der Waals surface area contributed by atoms with Crippen LogP contribution in [0.5, 0.6) is 0 Å². The van der Waals surface area contributed by atoms with Crippen LogP contribution >= 0.6 is 11.6 Å². The SMILES string of the molecule is O=S([O-])c1ccnc(Cl)c1.[Li+]. The Labute approximate surface area is 83.6 Å². The topological polar surface area (TPSA) is 53.0 Å². The minimum absolute atomic E-state index is 0. The Morgan fingerprint density at radius 2 is 2.27 bits per heavy atom. The Morgan fingerprint density at radius 3 is 2.64 bits per heavy atom. The largest absolute Gasteiger partial charge is 1.00 e. The number of nitrogens with zero attached hydrogens (tertiary/aromatic N) is 1. The summed E-state index contributed by atoms with van der Waals surface area (Å²) >= 11 is 3.19. The zero-order valence-electron chi connectivity index (χ0n) is 5.78. The second-order valence-electron chi connectivity index (χ2n) is 1.55. The second-order valence-corrected chi connectivity index (χ2v) is 2.88. The monoisotopic (exact) mass is 183 g/mol. The fraction of sp³-hybridized carbons (Fsp3) is 0. The van der Waals surface area contributed by atoms with Crippen LogP contribution in [-0.2, 0) is 11.1 Å². The van der Waals surface area contributed by atoms with E-state index in [1.165, 1.54) is 18.3 Å². The minimum atomic E-state index is -2.21. The zero-order chi connectivity index (χ0) is 7.56. The van der Waals surface area contributed by atoms with E-state index in [0.717, 1.165) is 0 Å². The molecule has 1 aromatic heterocycles. The van der Waals surface area contributed by atoms with Gasteiger partial charge in [0.05, 0.1) is 0 Å². The molecule has 0 bridgehead atoms. The normalized spacial score (nSPS) is 11.8. The van der Waals surface area contributed by atoms with Crippen molar-refractivity contribution < 1.29 is 27.6 Å². The molecule has 0 radical (unpaired) electrons. The Balaban J connectivity index is 0.000001000. The minimum Gasteiger partial charge on any atom is -0.768 e. The fourth-order valence-corrected chi connectivity index (χ4v) is 1.11. The number of aromatic nitrogens is 1. The van der Waals surface area contributed by atoms with E-state index < -0.39 is 11.1 Å². The van der Waals surface area contributed by atoms with E-state index in [4.69, 9.17) is 11.6 Å². The van der Waals surface area contributed by atoms with E-state index >= 15 is 0 Å². The van der Waals surface area contributed by atoms with Crippen LogP contribution in [0.2, 0.25) is 5.15 Å². The van der Waals surface area contributed by atoms with Gasteiger partial charge >= 0.3 is 18.9 Å². The van der Waals surface area contributed by atoms with Gasteiger partial charge < -0.3 is 4.55 Å². The van der Waals surface area contributed by atoms with Crippen LogP contribution in [0, 0.1) is 0 Å². The zero-order valence-corrected chi connectivity index (χ0v) is 7.35. The first-order valence-corrected chi connectivity index (χ1v) is 3.86. The van der Waals surface area contributed by atoms with Gasteiger partial charge in [0.15, 0.2) is 0 Å². The van der Waals surface area contributed by atoms with Crippen LogP contribution < -0.4 is 18.9 Å². The summed E-state index contributed by atoms with van der Waals surface area (Å²) in [7, 11) is 0. The van der Waals surface area contributed by atoms with Gasteiger partial charge in [0.2, 0.25) is 0 Å². The third-order valence-corrected chi connectivity index (χ3v) is 1.74. The van der Waals surface area contributed by atoms with Crippen molar-refractivity contribution in [3.8, 4) is 0 Å². The van der Waals surface area contributed by atoms with Crippen LogP contribution in [0.4, 0.5) is 0 Å². The molecule has 0 aromatic carbocycles. The summed E-state index contributed by atoms with van der Waals surface area (Å²) in [5.74, 6) is 0. The van der Waals surface area contributed by atoms with Gasteiger partial charge in [-0.05, 0) is 23.2 Å². The fourth-order valence-electron chi connectivity index (χ4n) is 0.488. The van der Waals surface area contributed by atoms with Crippen molar-refractivity contribution in [3.63, 3.8) is 0 Å². The summed E-state index contributed by atoms with van der Waals surface area (Å²) in [6.45, 7) is 0. The molecule has 1 atom stereocenters. The predicted octanol–water partition coefficient (Wildman–Crippen LogP) is -2.02. The van der Waals surface area contributed by atoms with Crippen LogP contribution in [0.15, 0.2) is 23.2 Å². The molecule has 0 saturated heterocycles. The van der Waals surface area contributed by atoms with Crippen molar-refractivity contribution in [2.24, 2.45) is 0 Å². The van der Waals surface area contributed by atoms with Gasteiger partial charge in [-0.15, -0.1) is 0 Å². The molecule has 0 amide bonds. The summed E-state index contributed by atoms with van der Waals surface area (Å²) < 4.78 is 20.5. The third-order valence-electron chi connectivity index (χ3n) is 0.890. The molecule has 11 heavy (non-hydrogen) atoms. The molecule has 1 heterocycles. The molecule has 0 saturated carbocycles. The first kappa shape index (κ1) is 11.1. The molecular weight excluding hydrogens is 181 g/mol. The maximum atomic E-state index is 10.3. The molecule has 0 N–H and O–H groups in total. The Bertz CT molecular complexity index is 270. The van der Waals surface area contributed by atoms with E-state index in [1.54, 1.807) is 0 Å². The van der Waals surface area contributed by atoms with Gasteiger partial charge in [0, 0.05) is 11.1 Å². The van der Waals surface area contributed by atoms with Crippen molar-refractivity contribution in [1.82, 2.24) is 4.98 Å². The maximum Gasteiger partial charge on any atom is 1.00 e. The maximum absolute atomic E-state index is 10.3. The summed E-state index contributed by atoms with van der Waals surface area (Å²) in [5.41, 5.74) is 0. The first-order valence-electron chi connectivity index (χ1n) is 2.41. The van der Waals surface area contributed by atoms with Crippen molar-refractivity contribution in [1.29, 1.82) is 0 Å². The average Bonchev–Trinajstić information content (AvgIpc) is 1.88.